The minimum atomic E-state index is -0.128. The maximum Gasteiger partial charge on any atom is 0.270 e. The average Bonchev–Trinajstić information content (AvgIpc) is 2.18. The Balaban J connectivity index is 2.97. The summed E-state index contributed by atoms with van der Waals surface area (Å²) in [5.74, 6) is 0.812. The van der Waals surface area contributed by atoms with E-state index in [9.17, 15) is 4.79 Å². The number of nitrogens with zero attached hydrogens (tertiary/aromatic N) is 1. The molecule has 0 aliphatic rings. The largest absolute Gasteiger partial charge is 0.354 e. The molecule has 0 unspecified atom stereocenters. The molecule has 0 bridgehead atoms. The normalized spacial score (nSPS) is 9.69. The molecular weight excluding hydrogens is 184 g/mol. The van der Waals surface area contributed by atoms with Crippen LogP contribution in [0.25, 0.3) is 0 Å². The second-order valence-corrected chi connectivity index (χ2v) is 3.67. The van der Waals surface area contributed by atoms with Crippen molar-refractivity contribution in [2.75, 3.05) is 12.8 Å². The highest BCUT2D eigenvalue weighted by molar-refractivity contribution is 7.99. The van der Waals surface area contributed by atoms with Crippen molar-refractivity contribution in [3.8, 4) is 0 Å². The van der Waals surface area contributed by atoms with E-state index in [2.05, 4.69) is 10.3 Å². The van der Waals surface area contributed by atoms with E-state index in [0.29, 0.717) is 5.69 Å². The van der Waals surface area contributed by atoms with Crippen LogP contribution in [0.1, 0.15) is 17.4 Å². The summed E-state index contributed by atoms with van der Waals surface area (Å²) in [6.45, 7) is 2.05. The van der Waals surface area contributed by atoms with Gasteiger partial charge in [0.25, 0.3) is 5.91 Å². The van der Waals surface area contributed by atoms with Crippen LogP contribution in [0.5, 0.6) is 0 Å². The SMILES string of the molecule is CCSc1cccnc1C(=O)NC. The van der Waals surface area contributed by atoms with Gasteiger partial charge in [-0.3, -0.25) is 4.79 Å². The first kappa shape index (κ1) is 10.1. The lowest BCUT2D eigenvalue weighted by molar-refractivity contribution is 0.0955. The number of carbonyl (C=O) groups excluding carboxylic acids is 1. The average molecular weight is 196 g/mol. The molecule has 1 amide bonds. The van der Waals surface area contributed by atoms with Gasteiger partial charge in [-0.2, -0.15) is 0 Å². The maximum atomic E-state index is 11.3. The van der Waals surface area contributed by atoms with Gasteiger partial charge in [0.2, 0.25) is 0 Å². The molecule has 70 valence electrons. The molecule has 0 saturated carbocycles. The molecule has 0 aromatic carbocycles. The Morgan fingerprint density at radius 1 is 1.69 bits per heavy atom. The Labute approximate surface area is 81.9 Å². The lowest BCUT2D eigenvalue weighted by Crippen LogP contribution is -2.19. The fraction of sp³-hybridized carbons (Fsp3) is 0.333. The van der Waals surface area contributed by atoms with Gasteiger partial charge in [-0.25, -0.2) is 4.98 Å². The number of nitrogens with one attached hydrogen (secondary N) is 1. The first-order valence-corrected chi connectivity index (χ1v) is 5.08. The van der Waals surface area contributed by atoms with Crippen LogP contribution in [0.15, 0.2) is 23.2 Å². The highest BCUT2D eigenvalue weighted by Crippen LogP contribution is 2.19. The van der Waals surface area contributed by atoms with Crippen molar-refractivity contribution in [3.63, 3.8) is 0 Å². The lowest BCUT2D eigenvalue weighted by atomic mass is 10.3. The predicted octanol–water partition coefficient (Wildman–Crippen LogP) is 1.55. The van der Waals surface area contributed by atoms with Gasteiger partial charge >= 0.3 is 0 Å². The van der Waals surface area contributed by atoms with E-state index in [-0.39, 0.29) is 5.91 Å². The quantitative estimate of drug-likeness (QED) is 0.746. The lowest BCUT2D eigenvalue weighted by Gasteiger charge is -2.04. The maximum absolute atomic E-state index is 11.3. The third kappa shape index (κ3) is 2.45. The van der Waals surface area contributed by atoms with E-state index < -0.39 is 0 Å². The number of carbonyl (C=O) groups is 1. The molecule has 1 heterocycles. The van der Waals surface area contributed by atoms with E-state index in [0.717, 1.165) is 10.6 Å². The van der Waals surface area contributed by atoms with Crippen molar-refractivity contribution in [2.24, 2.45) is 0 Å². The fourth-order valence-corrected chi connectivity index (χ4v) is 1.72. The number of hydrogen-bond acceptors (Lipinski definition) is 3. The summed E-state index contributed by atoms with van der Waals surface area (Å²) in [6.07, 6.45) is 1.63. The number of rotatable bonds is 3. The minimum Gasteiger partial charge on any atom is -0.354 e. The number of thioether (sulfide) groups is 1. The van der Waals surface area contributed by atoms with Gasteiger partial charge in [0, 0.05) is 18.1 Å². The summed E-state index contributed by atoms with van der Waals surface area (Å²) in [5, 5.41) is 2.57. The third-order valence-corrected chi connectivity index (χ3v) is 2.44. The molecule has 13 heavy (non-hydrogen) atoms. The molecular formula is C9H12N2OS. The third-order valence-electron chi connectivity index (χ3n) is 1.51. The van der Waals surface area contributed by atoms with Gasteiger partial charge < -0.3 is 5.32 Å². The highest BCUT2D eigenvalue weighted by atomic mass is 32.2. The molecule has 0 saturated heterocycles. The van der Waals surface area contributed by atoms with Crippen molar-refractivity contribution in [3.05, 3.63) is 24.0 Å². The van der Waals surface area contributed by atoms with Crippen LogP contribution < -0.4 is 5.32 Å². The Morgan fingerprint density at radius 2 is 2.46 bits per heavy atom. The zero-order valence-corrected chi connectivity index (χ0v) is 8.52. The fourth-order valence-electron chi connectivity index (χ4n) is 0.951. The van der Waals surface area contributed by atoms with Crippen molar-refractivity contribution < 1.29 is 4.79 Å². The van der Waals surface area contributed by atoms with E-state index in [4.69, 9.17) is 0 Å². The molecule has 0 spiro atoms. The molecule has 1 aromatic rings. The molecule has 1 N–H and O–H groups in total. The second-order valence-electron chi connectivity index (χ2n) is 2.36. The van der Waals surface area contributed by atoms with Crippen LogP contribution >= 0.6 is 11.8 Å². The summed E-state index contributed by atoms with van der Waals surface area (Å²) in [5.41, 5.74) is 0.511. The Morgan fingerprint density at radius 3 is 3.08 bits per heavy atom. The van der Waals surface area contributed by atoms with Crippen LogP contribution in [0.3, 0.4) is 0 Å². The van der Waals surface area contributed by atoms with Crippen LogP contribution in [-0.4, -0.2) is 23.7 Å². The van der Waals surface area contributed by atoms with Gasteiger partial charge in [-0.1, -0.05) is 6.92 Å². The van der Waals surface area contributed by atoms with Gasteiger partial charge in [-0.15, -0.1) is 11.8 Å². The minimum absolute atomic E-state index is 0.128. The second kappa shape index (κ2) is 4.87. The highest BCUT2D eigenvalue weighted by Gasteiger charge is 2.09. The summed E-state index contributed by atoms with van der Waals surface area (Å²) < 4.78 is 0. The van der Waals surface area contributed by atoms with Crippen molar-refractivity contribution >= 4 is 17.7 Å². The van der Waals surface area contributed by atoms with E-state index in [1.165, 1.54) is 0 Å². The summed E-state index contributed by atoms with van der Waals surface area (Å²) >= 11 is 1.62. The molecule has 0 radical (unpaired) electrons. The predicted molar refractivity (Wildman–Crippen MR) is 54.0 cm³/mol. The first-order valence-electron chi connectivity index (χ1n) is 4.09. The summed E-state index contributed by atoms with van der Waals surface area (Å²) in [4.78, 5) is 16.3. The van der Waals surface area contributed by atoms with Crippen molar-refractivity contribution in [2.45, 2.75) is 11.8 Å². The van der Waals surface area contributed by atoms with E-state index in [1.54, 1.807) is 25.0 Å². The molecule has 4 heteroatoms. The standard InChI is InChI=1S/C9H12N2OS/c1-3-13-7-5-4-6-11-8(7)9(12)10-2/h4-6H,3H2,1-2H3,(H,10,12). The van der Waals surface area contributed by atoms with Gasteiger partial charge in [-0.05, 0) is 17.9 Å². The van der Waals surface area contributed by atoms with Crippen LogP contribution in [0.4, 0.5) is 0 Å². The monoisotopic (exact) mass is 196 g/mol. The molecule has 0 atom stereocenters. The van der Waals surface area contributed by atoms with E-state index in [1.807, 2.05) is 19.1 Å². The molecule has 0 fully saturated rings. The van der Waals surface area contributed by atoms with Gasteiger partial charge in [0.15, 0.2) is 0 Å². The Kier molecular flexibility index (Phi) is 3.76. The molecule has 0 aliphatic carbocycles. The number of amides is 1. The van der Waals surface area contributed by atoms with Gasteiger partial charge in [0.1, 0.15) is 5.69 Å². The smallest absolute Gasteiger partial charge is 0.270 e. The van der Waals surface area contributed by atoms with Crippen LogP contribution in [-0.2, 0) is 0 Å². The van der Waals surface area contributed by atoms with Crippen molar-refractivity contribution in [1.29, 1.82) is 0 Å². The summed E-state index contributed by atoms with van der Waals surface area (Å²) in [6, 6.07) is 3.75. The topological polar surface area (TPSA) is 42.0 Å². The molecule has 3 nitrogen and oxygen atoms in total. The zero-order valence-electron chi connectivity index (χ0n) is 7.70. The van der Waals surface area contributed by atoms with Gasteiger partial charge in [0.05, 0.1) is 0 Å². The zero-order chi connectivity index (χ0) is 9.68. The number of pyridine rings is 1. The number of hydrogen-bond donors (Lipinski definition) is 1. The molecule has 1 aromatic heterocycles. The summed E-state index contributed by atoms with van der Waals surface area (Å²) in [7, 11) is 1.61. The Bertz CT molecular complexity index is 301. The Hall–Kier alpha value is -1.03. The van der Waals surface area contributed by atoms with Crippen LogP contribution in [0, 0.1) is 0 Å². The first-order chi connectivity index (χ1) is 6.29. The number of aromatic nitrogens is 1. The molecule has 1 rings (SSSR count). The van der Waals surface area contributed by atoms with E-state index >= 15 is 0 Å². The van der Waals surface area contributed by atoms with Crippen LogP contribution in [0.2, 0.25) is 0 Å². The van der Waals surface area contributed by atoms with Crippen molar-refractivity contribution in [1.82, 2.24) is 10.3 Å². The molecule has 0 aliphatic heterocycles.